The van der Waals surface area contributed by atoms with Gasteiger partial charge in [-0.3, -0.25) is 0 Å². The molecule has 6 nitrogen and oxygen atoms in total. The second kappa shape index (κ2) is 15.1. The minimum Gasteiger partial charge on any atom is -0.318 e. The molecule has 0 N–H and O–H groups in total. The van der Waals surface area contributed by atoms with Crippen LogP contribution in [0.5, 0.6) is 0 Å². The lowest BCUT2D eigenvalue weighted by molar-refractivity contribution is 1.04. The van der Waals surface area contributed by atoms with Crippen LogP contribution >= 0.6 is 0 Å². The van der Waals surface area contributed by atoms with Crippen molar-refractivity contribution in [1.29, 1.82) is 5.26 Å². The normalized spacial score (nSPS) is 12.0. The van der Waals surface area contributed by atoms with Crippen LogP contribution in [0.25, 0.3) is 147 Å². The second-order valence-electron chi connectivity index (χ2n) is 19.3. The molecule has 340 valence electrons. The molecule has 0 aliphatic rings. The fraction of sp³-hybridized carbons (Fsp3) is 0. The predicted octanol–water partition coefficient (Wildman–Crippen LogP) is 18.0. The van der Waals surface area contributed by atoms with Gasteiger partial charge in [-0.25, -0.2) is 4.85 Å². The highest BCUT2D eigenvalue weighted by Gasteiger charge is 2.35. The van der Waals surface area contributed by atoms with E-state index in [1.807, 2.05) is 0 Å². The van der Waals surface area contributed by atoms with Crippen LogP contribution in [-0.4, -0.2) is 18.3 Å². The van der Waals surface area contributed by atoms with Gasteiger partial charge in [-0.15, -0.1) is 0 Å². The number of fused-ring (bicyclic) bond motifs is 18. The van der Waals surface area contributed by atoms with Crippen molar-refractivity contribution < 1.29 is 0 Å². The van der Waals surface area contributed by atoms with Gasteiger partial charge in [-0.2, -0.15) is 5.26 Å². The zero-order valence-corrected chi connectivity index (χ0v) is 39.6. The zero-order chi connectivity index (χ0) is 48.8. The van der Waals surface area contributed by atoms with Crippen molar-refractivity contribution in [2.75, 3.05) is 0 Å². The summed E-state index contributed by atoms with van der Waals surface area (Å²) in [6, 6.07) is 84.6. The summed E-state index contributed by atoms with van der Waals surface area (Å²) >= 11 is 0. The molecule has 0 radical (unpaired) electrons. The molecule has 0 spiro atoms. The lowest BCUT2D eigenvalue weighted by atomic mass is 10.0. The average molecular weight is 939 g/mol. The number of nitrogens with zero attached hydrogens (tertiary/aromatic N) is 6. The molecular formula is C68H38N6. The summed E-state index contributed by atoms with van der Waals surface area (Å²) in [5, 5.41) is 27.6. The van der Waals surface area contributed by atoms with Crippen molar-refractivity contribution in [2.24, 2.45) is 0 Å². The van der Waals surface area contributed by atoms with Crippen LogP contribution in [0.4, 0.5) is 5.69 Å². The Kier molecular flexibility index (Phi) is 8.21. The van der Waals surface area contributed by atoms with Gasteiger partial charge >= 0.3 is 0 Å². The molecule has 0 amide bonds. The zero-order valence-electron chi connectivity index (χ0n) is 39.6. The maximum atomic E-state index is 12.6. The van der Waals surface area contributed by atoms with Gasteiger partial charge < -0.3 is 18.3 Å². The maximum absolute atomic E-state index is 12.6. The van der Waals surface area contributed by atoms with Crippen LogP contribution in [0, 0.1) is 17.9 Å². The highest BCUT2D eigenvalue weighted by molar-refractivity contribution is 6.24. The van der Waals surface area contributed by atoms with E-state index in [2.05, 4.69) is 255 Å². The highest BCUT2D eigenvalue weighted by Crippen LogP contribution is 2.53. The van der Waals surface area contributed by atoms with Gasteiger partial charge in [0.2, 0.25) is 5.69 Å². The van der Waals surface area contributed by atoms with Crippen LogP contribution in [0.2, 0.25) is 0 Å². The van der Waals surface area contributed by atoms with Gasteiger partial charge in [0.15, 0.2) is 0 Å². The molecule has 0 unspecified atom stereocenters. The van der Waals surface area contributed by atoms with E-state index in [4.69, 9.17) is 4.85 Å². The van der Waals surface area contributed by atoms with Gasteiger partial charge in [0, 0.05) is 59.2 Å². The van der Waals surface area contributed by atoms with Crippen molar-refractivity contribution in [3.63, 3.8) is 0 Å². The Balaban J connectivity index is 1.29. The maximum Gasteiger partial charge on any atom is 0.237 e. The molecule has 0 bridgehead atoms. The Bertz CT molecular complexity index is 4990. The number of hydrogen-bond acceptors (Lipinski definition) is 1. The molecule has 74 heavy (non-hydrogen) atoms. The Morgan fingerprint density at radius 1 is 0.284 bits per heavy atom. The van der Waals surface area contributed by atoms with Crippen molar-refractivity contribution >= 4 is 125 Å². The largest absolute Gasteiger partial charge is 0.318 e. The Morgan fingerprint density at radius 3 is 0.946 bits per heavy atom. The molecule has 0 saturated heterocycles. The first kappa shape index (κ1) is 40.3. The summed E-state index contributed by atoms with van der Waals surface area (Å²) < 4.78 is 9.34. The summed E-state index contributed by atoms with van der Waals surface area (Å²) in [6.07, 6.45) is 0. The SMILES string of the molecule is [C-]#[N+]c1c(-n2c3ccccc3c3ccccc32)c(C#N)c(-n2c3ccccc3c3ccc4ccccc4c32)c(-n2c3ccccc3c3ccc4ccccc4c32)c1-n1c2ccccc2c2ccc3ccccc3c21. The van der Waals surface area contributed by atoms with Crippen LogP contribution in [0.1, 0.15) is 5.56 Å². The first-order valence-corrected chi connectivity index (χ1v) is 25.0. The first-order valence-electron chi connectivity index (χ1n) is 25.0. The summed E-state index contributed by atoms with van der Waals surface area (Å²) in [5.74, 6) is 0. The van der Waals surface area contributed by atoms with E-state index in [9.17, 15) is 11.8 Å². The minimum atomic E-state index is 0.360. The monoisotopic (exact) mass is 938 g/mol. The number of benzene rings is 12. The molecule has 4 aromatic heterocycles. The summed E-state index contributed by atoms with van der Waals surface area (Å²) in [4.78, 5) is 4.82. The summed E-state index contributed by atoms with van der Waals surface area (Å²) in [6.45, 7) is 9.86. The van der Waals surface area contributed by atoms with Gasteiger partial charge in [0.25, 0.3) is 0 Å². The van der Waals surface area contributed by atoms with Gasteiger partial charge in [0.1, 0.15) is 6.07 Å². The number of aromatic nitrogens is 4. The van der Waals surface area contributed by atoms with Crippen LogP contribution in [-0.2, 0) is 0 Å². The molecule has 16 aromatic rings. The van der Waals surface area contributed by atoms with E-state index in [1.54, 1.807) is 0 Å². The number of hydrogen-bond donors (Lipinski definition) is 0. The molecule has 4 heterocycles. The van der Waals surface area contributed by atoms with Crippen molar-refractivity contribution in [1.82, 2.24) is 18.3 Å². The quantitative estimate of drug-likeness (QED) is 0.162. The molecule has 0 fully saturated rings. The second-order valence-corrected chi connectivity index (χ2v) is 19.3. The molecular weight excluding hydrogens is 901 g/mol. The fourth-order valence-electron chi connectivity index (χ4n) is 12.8. The van der Waals surface area contributed by atoms with E-state index >= 15 is 0 Å². The average Bonchev–Trinajstić information content (AvgIpc) is 4.20. The predicted molar refractivity (Wildman–Crippen MR) is 307 cm³/mol. The van der Waals surface area contributed by atoms with Gasteiger partial charge in [-0.1, -0.05) is 200 Å². The van der Waals surface area contributed by atoms with E-state index in [0.717, 1.165) is 125 Å². The molecule has 16 rings (SSSR count). The van der Waals surface area contributed by atoms with Crippen molar-refractivity contribution in [3.05, 3.63) is 248 Å². The van der Waals surface area contributed by atoms with Crippen molar-refractivity contribution in [3.8, 4) is 28.8 Å². The molecule has 12 aromatic carbocycles. The lowest BCUT2D eigenvalue weighted by Crippen LogP contribution is -2.15. The number of rotatable bonds is 4. The molecule has 6 heteroatoms. The molecule has 0 saturated carbocycles. The third kappa shape index (κ3) is 5.20. The van der Waals surface area contributed by atoms with Crippen LogP contribution in [0.15, 0.2) is 231 Å². The smallest absolute Gasteiger partial charge is 0.237 e. The third-order valence-corrected chi connectivity index (χ3v) is 15.7. The summed E-state index contributed by atoms with van der Waals surface area (Å²) in [5.41, 5.74) is 11.0. The van der Waals surface area contributed by atoms with Crippen LogP contribution in [0.3, 0.4) is 0 Å². The summed E-state index contributed by atoms with van der Waals surface area (Å²) in [7, 11) is 0. The van der Waals surface area contributed by atoms with Gasteiger partial charge in [0.05, 0.1) is 79.0 Å². The Morgan fingerprint density at radius 2 is 0.581 bits per heavy atom. The van der Waals surface area contributed by atoms with E-state index in [0.29, 0.717) is 28.3 Å². The standard InChI is InChI=1S/C68H38N6/c1-70-61-65(71-56-29-13-8-24-47(56)48-25-9-14-30-57(48)71)55(40-69)66(72-58-31-15-10-26-49(58)52-37-34-41-18-2-5-21-44(41)62(52)72)68(74-60-33-17-12-28-51(60)54-39-36-43-20-4-7-23-46(43)64(54)74)67(61)73-59-32-16-11-27-50(59)53-38-35-42-19-3-6-22-45(42)63(53)73/h2-39H. The van der Waals surface area contributed by atoms with Gasteiger partial charge in [-0.05, 0) is 46.5 Å². The highest BCUT2D eigenvalue weighted by atomic mass is 15.1. The molecule has 0 aliphatic heterocycles. The van der Waals surface area contributed by atoms with Crippen LogP contribution < -0.4 is 0 Å². The third-order valence-electron chi connectivity index (χ3n) is 15.7. The number of para-hydroxylation sites is 5. The minimum absolute atomic E-state index is 0.360. The Hall–Kier alpha value is -10.4. The number of nitriles is 1. The van der Waals surface area contributed by atoms with E-state index in [-0.39, 0.29) is 0 Å². The van der Waals surface area contributed by atoms with Crippen molar-refractivity contribution in [2.45, 2.75) is 0 Å². The van der Waals surface area contributed by atoms with E-state index < -0.39 is 0 Å². The first-order chi connectivity index (χ1) is 36.7. The topological polar surface area (TPSA) is 47.9 Å². The lowest BCUT2D eigenvalue weighted by Gasteiger charge is -2.28. The molecule has 0 atom stereocenters. The Labute approximate surface area is 423 Å². The molecule has 0 aliphatic carbocycles. The van der Waals surface area contributed by atoms with E-state index in [1.165, 1.54) is 0 Å². The fourth-order valence-corrected chi connectivity index (χ4v) is 12.8.